The van der Waals surface area contributed by atoms with Crippen LogP contribution >= 0.6 is 0 Å². The van der Waals surface area contributed by atoms with Crippen molar-refractivity contribution in [1.29, 1.82) is 0 Å². The number of rotatable bonds is 5. The molecule has 148 valence electrons. The molecule has 0 fully saturated rings. The molecule has 2 aromatic rings. The monoisotopic (exact) mass is 381 g/mol. The van der Waals surface area contributed by atoms with E-state index in [4.69, 9.17) is 4.74 Å². The van der Waals surface area contributed by atoms with Crippen molar-refractivity contribution in [3.8, 4) is 0 Å². The highest BCUT2D eigenvalue weighted by molar-refractivity contribution is 6.04. The molecule has 0 heterocycles. The number of carbonyl (C=O) groups is 3. The van der Waals surface area contributed by atoms with Crippen LogP contribution < -0.4 is 5.32 Å². The Morgan fingerprint density at radius 1 is 0.857 bits per heavy atom. The number of hydrogen-bond acceptors (Lipinski definition) is 4. The van der Waals surface area contributed by atoms with Gasteiger partial charge >= 0.3 is 5.97 Å². The number of anilines is 1. The van der Waals surface area contributed by atoms with E-state index in [-0.39, 0.29) is 23.9 Å². The van der Waals surface area contributed by atoms with Gasteiger partial charge in [-0.3, -0.25) is 9.59 Å². The average Bonchev–Trinajstić information content (AvgIpc) is 2.64. The molecule has 0 saturated heterocycles. The summed E-state index contributed by atoms with van der Waals surface area (Å²) in [5.74, 6) is -1.16. The molecule has 0 saturated carbocycles. The highest BCUT2D eigenvalue weighted by Crippen LogP contribution is 2.27. The normalized spacial score (nSPS) is 10.5. The van der Waals surface area contributed by atoms with Gasteiger partial charge in [-0.05, 0) is 81.0 Å². The van der Waals surface area contributed by atoms with Crippen LogP contribution in [0.5, 0.6) is 0 Å². The number of benzene rings is 2. The minimum Gasteiger partial charge on any atom is -0.454 e. The van der Waals surface area contributed by atoms with Gasteiger partial charge in [0.2, 0.25) is 11.7 Å². The summed E-state index contributed by atoms with van der Waals surface area (Å²) in [5, 5.41) is 2.66. The van der Waals surface area contributed by atoms with Crippen molar-refractivity contribution in [3.05, 3.63) is 62.7 Å². The summed E-state index contributed by atoms with van der Waals surface area (Å²) in [6.45, 7) is 12.7. The van der Waals surface area contributed by atoms with Crippen molar-refractivity contribution in [3.63, 3.8) is 0 Å². The lowest BCUT2D eigenvalue weighted by atomic mass is 9.88. The summed E-state index contributed by atoms with van der Waals surface area (Å²) < 4.78 is 5.30. The van der Waals surface area contributed by atoms with Crippen molar-refractivity contribution < 1.29 is 19.1 Å². The van der Waals surface area contributed by atoms with E-state index in [9.17, 15) is 14.4 Å². The standard InChI is InChI=1S/C23H27NO4/c1-12-9-8-10-19(22(12)24-18(7)25)23(27)28-11-20(26)21-16(5)14(3)13(2)15(4)17(21)6/h8-10H,11H2,1-7H3,(H,24,25). The smallest absolute Gasteiger partial charge is 0.340 e. The van der Waals surface area contributed by atoms with Gasteiger partial charge in [0.25, 0.3) is 0 Å². The molecule has 0 aromatic heterocycles. The Balaban J connectivity index is 2.27. The van der Waals surface area contributed by atoms with Gasteiger partial charge in [-0.2, -0.15) is 0 Å². The summed E-state index contributed by atoms with van der Waals surface area (Å²) >= 11 is 0. The molecule has 1 amide bonds. The van der Waals surface area contributed by atoms with Gasteiger partial charge in [-0.1, -0.05) is 12.1 Å². The van der Waals surface area contributed by atoms with E-state index < -0.39 is 5.97 Å². The molecule has 2 aromatic carbocycles. The van der Waals surface area contributed by atoms with Crippen LogP contribution in [-0.2, 0) is 9.53 Å². The average molecular weight is 381 g/mol. The first-order valence-electron chi connectivity index (χ1n) is 9.20. The van der Waals surface area contributed by atoms with Crippen LogP contribution in [0.25, 0.3) is 0 Å². The molecule has 28 heavy (non-hydrogen) atoms. The highest BCUT2D eigenvalue weighted by atomic mass is 16.5. The Morgan fingerprint density at radius 3 is 1.93 bits per heavy atom. The van der Waals surface area contributed by atoms with Gasteiger partial charge in [-0.25, -0.2) is 4.79 Å². The first-order valence-corrected chi connectivity index (χ1v) is 9.20. The van der Waals surface area contributed by atoms with Gasteiger partial charge in [0.05, 0.1) is 11.3 Å². The SMILES string of the molecule is CC(=O)Nc1c(C)cccc1C(=O)OCC(=O)c1c(C)c(C)c(C)c(C)c1C. The number of esters is 1. The van der Waals surface area contributed by atoms with E-state index in [1.165, 1.54) is 12.5 Å². The van der Waals surface area contributed by atoms with Crippen molar-refractivity contribution in [2.75, 3.05) is 11.9 Å². The Morgan fingerprint density at radius 2 is 1.39 bits per heavy atom. The molecule has 0 aliphatic carbocycles. The molecule has 0 spiro atoms. The summed E-state index contributed by atoms with van der Waals surface area (Å²) in [4.78, 5) is 36.8. The molecule has 0 radical (unpaired) electrons. The van der Waals surface area contributed by atoms with Crippen LogP contribution in [0.4, 0.5) is 5.69 Å². The van der Waals surface area contributed by atoms with Crippen molar-refractivity contribution in [2.45, 2.75) is 48.5 Å². The van der Waals surface area contributed by atoms with Gasteiger partial charge in [-0.15, -0.1) is 0 Å². The van der Waals surface area contributed by atoms with Crippen molar-refractivity contribution in [2.24, 2.45) is 0 Å². The predicted molar refractivity (Wildman–Crippen MR) is 110 cm³/mol. The van der Waals surface area contributed by atoms with Crippen LogP contribution in [0, 0.1) is 41.5 Å². The number of para-hydroxylation sites is 1. The summed E-state index contributed by atoms with van der Waals surface area (Å²) in [6.07, 6.45) is 0. The Hall–Kier alpha value is -2.95. The maximum atomic E-state index is 12.8. The maximum absolute atomic E-state index is 12.8. The van der Waals surface area contributed by atoms with E-state index >= 15 is 0 Å². The van der Waals surface area contributed by atoms with Gasteiger partial charge in [0.1, 0.15) is 0 Å². The van der Waals surface area contributed by atoms with Gasteiger partial charge < -0.3 is 10.1 Å². The Labute approximate surface area is 166 Å². The molecule has 0 unspecified atom stereocenters. The van der Waals surface area contributed by atoms with E-state index in [2.05, 4.69) is 5.32 Å². The third kappa shape index (κ3) is 4.14. The molecular formula is C23H27NO4. The van der Waals surface area contributed by atoms with E-state index in [0.717, 1.165) is 27.8 Å². The second-order valence-corrected chi connectivity index (χ2v) is 7.18. The number of aryl methyl sites for hydroxylation is 1. The fourth-order valence-corrected chi connectivity index (χ4v) is 3.38. The fourth-order valence-electron chi connectivity index (χ4n) is 3.38. The van der Waals surface area contributed by atoms with Crippen LogP contribution in [0.2, 0.25) is 0 Å². The molecular weight excluding hydrogens is 354 g/mol. The Bertz CT molecular complexity index is 944. The number of carbonyl (C=O) groups excluding carboxylic acids is 3. The van der Waals surface area contributed by atoms with Crippen LogP contribution in [-0.4, -0.2) is 24.3 Å². The summed E-state index contributed by atoms with van der Waals surface area (Å²) in [7, 11) is 0. The van der Waals surface area contributed by atoms with Crippen molar-refractivity contribution in [1.82, 2.24) is 0 Å². The van der Waals surface area contributed by atoms with E-state index in [1.807, 2.05) is 34.6 Å². The van der Waals surface area contributed by atoms with Gasteiger partial charge in [0.15, 0.2) is 6.61 Å². The second-order valence-electron chi connectivity index (χ2n) is 7.18. The minimum atomic E-state index is -0.642. The zero-order chi connectivity index (χ0) is 21.2. The largest absolute Gasteiger partial charge is 0.454 e. The van der Waals surface area contributed by atoms with E-state index in [0.29, 0.717) is 11.3 Å². The molecule has 5 nitrogen and oxygen atoms in total. The lowest BCUT2D eigenvalue weighted by molar-refractivity contribution is -0.114. The quantitative estimate of drug-likeness (QED) is 0.610. The number of Topliss-reactive ketones (excluding diaryl/α,β-unsaturated/α-hetero) is 1. The highest BCUT2D eigenvalue weighted by Gasteiger charge is 2.21. The molecule has 0 aliphatic rings. The molecule has 2 rings (SSSR count). The van der Waals surface area contributed by atoms with Crippen LogP contribution in [0.15, 0.2) is 18.2 Å². The fraction of sp³-hybridized carbons (Fsp3) is 0.348. The van der Waals surface area contributed by atoms with Crippen molar-refractivity contribution >= 4 is 23.3 Å². The zero-order valence-corrected chi connectivity index (χ0v) is 17.6. The lowest BCUT2D eigenvalue weighted by Crippen LogP contribution is -2.19. The predicted octanol–water partition coefficient (Wildman–Crippen LogP) is 4.54. The number of nitrogens with one attached hydrogen (secondary N) is 1. The minimum absolute atomic E-state index is 0.229. The first kappa shape index (κ1) is 21.4. The summed E-state index contributed by atoms with van der Waals surface area (Å²) in [6, 6.07) is 5.07. The van der Waals surface area contributed by atoms with E-state index in [1.54, 1.807) is 25.1 Å². The molecule has 0 aliphatic heterocycles. The summed E-state index contributed by atoms with van der Waals surface area (Å²) in [5.41, 5.74) is 7.13. The molecule has 0 atom stereocenters. The third-order valence-corrected chi connectivity index (χ3v) is 5.41. The molecule has 0 bridgehead atoms. The topological polar surface area (TPSA) is 72.5 Å². The lowest BCUT2D eigenvalue weighted by Gasteiger charge is -2.18. The number of ketones is 1. The maximum Gasteiger partial charge on any atom is 0.340 e. The van der Waals surface area contributed by atoms with Crippen LogP contribution in [0.1, 0.15) is 61.0 Å². The van der Waals surface area contributed by atoms with Crippen LogP contribution in [0.3, 0.4) is 0 Å². The number of ether oxygens (including phenoxy) is 1. The molecule has 1 N–H and O–H groups in total. The Kier molecular flexibility index (Phi) is 6.39. The third-order valence-electron chi connectivity index (χ3n) is 5.41. The number of amides is 1. The zero-order valence-electron chi connectivity index (χ0n) is 17.6. The number of hydrogen-bond donors (Lipinski definition) is 1. The molecule has 5 heteroatoms. The second kappa shape index (κ2) is 8.38. The van der Waals surface area contributed by atoms with Gasteiger partial charge in [0, 0.05) is 12.5 Å². The first-order chi connectivity index (χ1) is 13.1.